The summed E-state index contributed by atoms with van der Waals surface area (Å²) in [4.78, 5) is 13.1. The van der Waals surface area contributed by atoms with Crippen LogP contribution in [0.4, 0.5) is 0 Å². The molecule has 27 heavy (non-hydrogen) atoms. The molecule has 0 radical (unpaired) electrons. The molecule has 0 spiro atoms. The summed E-state index contributed by atoms with van der Waals surface area (Å²) in [5.74, 6) is 0.760. The molecule has 0 bridgehead atoms. The van der Waals surface area contributed by atoms with Crippen molar-refractivity contribution in [2.45, 2.75) is 40.5 Å². The van der Waals surface area contributed by atoms with E-state index in [1.165, 1.54) is 22.5 Å². The highest BCUT2D eigenvalue weighted by molar-refractivity contribution is 9.10. The monoisotopic (exact) mass is 447 g/mol. The van der Waals surface area contributed by atoms with E-state index in [2.05, 4.69) is 46.3 Å². The van der Waals surface area contributed by atoms with Gasteiger partial charge in [-0.15, -0.1) is 11.3 Å². The van der Waals surface area contributed by atoms with Crippen molar-refractivity contribution in [3.05, 3.63) is 67.6 Å². The number of carbonyl (C=O) groups excluding carboxylic acids is 1. The van der Waals surface area contributed by atoms with Crippen LogP contribution in [0, 0.1) is 13.8 Å². The standard InChI is InChI=1S/C20H22BrN3O2S/c1-4-24-18(17(21)9-23-24)10-22-20(25)19-8-15(12-27-19)11-26-16-6-13(2)5-14(3)7-16/h5-9,12H,4,10-11H2,1-3H3,(H,22,25). The summed E-state index contributed by atoms with van der Waals surface area (Å²) in [7, 11) is 0. The second-order valence-electron chi connectivity index (χ2n) is 6.37. The van der Waals surface area contributed by atoms with Gasteiger partial charge >= 0.3 is 0 Å². The minimum absolute atomic E-state index is 0.0894. The third-order valence-electron chi connectivity index (χ3n) is 4.09. The second kappa shape index (κ2) is 8.71. The molecule has 1 amide bonds. The third kappa shape index (κ3) is 4.99. The molecule has 0 aliphatic rings. The first-order valence-electron chi connectivity index (χ1n) is 8.73. The van der Waals surface area contributed by atoms with Gasteiger partial charge in [0.05, 0.1) is 27.8 Å². The summed E-state index contributed by atoms with van der Waals surface area (Å²) in [6.45, 7) is 7.76. The SMILES string of the molecule is CCn1ncc(Br)c1CNC(=O)c1cc(COc2cc(C)cc(C)c2)cs1. The lowest BCUT2D eigenvalue weighted by atomic mass is 10.1. The van der Waals surface area contributed by atoms with Crippen LogP contribution in [0.25, 0.3) is 0 Å². The summed E-state index contributed by atoms with van der Waals surface area (Å²) in [5, 5.41) is 9.18. The largest absolute Gasteiger partial charge is 0.489 e. The van der Waals surface area contributed by atoms with Gasteiger partial charge in [-0.05, 0) is 71.4 Å². The van der Waals surface area contributed by atoms with Crippen molar-refractivity contribution in [3.8, 4) is 5.75 Å². The van der Waals surface area contributed by atoms with Gasteiger partial charge in [0.25, 0.3) is 5.91 Å². The number of nitrogens with zero attached hydrogens (tertiary/aromatic N) is 2. The van der Waals surface area contributed by atoms with Crippen molar-refractivity contribution in [1.82, 2.24) is 15.1 Å². The van der Waals surface area contributed by atoms with E-state index in [9.17, 15) is 4.79 Å². The molecule has 3 rings (SSSR count). The zero-order chi connectivity index (χ0) is 19.4. The Labute approximate surface area is 171 Å². The van der Waals surface area contributed by atoms with Crippen LogP contribution in [0.2, 0.25) is 0 Å². The average Bonchev–Trinajstić information content (AvgIpc) is 3.24. The number of thiophene rings is 1. The molecule has 142 valence electrons. The number of aryl methyl sites for hydroxylation is 3. The van der Waals surface area contributed by atoms with Crippen molar-refractivity contribution < 1.29 is 9.53 Å². The molecular weight excluding hydrogens is 426 g/mol. The Morgan fingerprint density at radius 3 is 2.70 bits per heavy atom. The van der Waals surface area contributed by atoms with Gasteiger partial charge in [-0.3, -0.25) is 9.48 Å². The van der Waals surface area contributed by atoms with Crippen LogP contribution in [0.1, 0.15) is 39.0 Å². The summed E-state index contributed by atoms with van der Waals surface area (Å²) in [6, 6.07) is 8.03. The lowest BCUT2D eigenvalue weighted by Crippen LogP contribution is -2.23. The van der Waals surface area contributed by atoms with Crippen LogP contribution < -0.4 is 10.1 Å². The molecule has 2 aromatic heterocycles. The van der Waals surface area contributed by atoms with E-state index in [1.807, 2.05) is 35.2 Å². The third-order valence-corrected chi connectivity index (χ3v) is 5.73. The zero-order valence-corrected chi connectivity index (χ0v) is 18.0. The van der Waals surface area contributed by atoms with Crippen LogP contribution in [0.15, 0.2) is 40.3 Å². The fourth-order valence-corrected chi connectivity index (χ4v) is 4.09. The Hall–Kier alpha value is -2.12. The van der Waals surface area contributed by atoms with Crippen molar-refractivity contribution in [2.24, 2.45) is 0 Å². The van der Waals surface area contributed by atoms with E-state index in [-0.39, 0.29) is 5.91 Å². The van der Waals surface area contributed by atoms with E-state index in [1.54, 1.807) is 6.20 Å². The predicted octanol–water partition coefficient (Wildman–Crippen LogP) is 4.85. The van der Waals surface area contributed by atoms with Gasteiger partial charge in [0.2, 0.25) is 0 Å². The Morgan fingerprint density at radius 2 is 2.00 bits per heavy atom. The maximum Gasteiger partial charge on any atom is 0.261 e. The van der Waals surface area contributed by atoms with Crippen molar-refractivity contribution in [1.29, 1.82) is 0 Å². The fourth-order valence-electron chi connectivity index (χ4n) is 2.84. The molecule has 0 unspecified atom stereocenters. The number of halogens is 1. The quantitative estimate of drug-likeness (QED) is 0.562. The molecule has 1 N–H and O–H groups in total. The molecule has 0 aliphatic carbocycles. The number of ether oxygens (including phenoxy) is 1. The summed E-state index contributed by atoms with van der Waals surface area (Å²) >= 11 is 4.90. The fraction of sp³-hybridized carbons (Fsp3) is 0.300. The number of aromatic nitrogens is 2. The Morgan fingerprint density at radius 1 is 1.26 bits per heavy atom. The van der Waals surface area contributed by atoms with E-state index in [0.717, 1.165) is 28.0 Å². The number of nitrogens with one attached hydrogen (secondary N) is 1. The normalized spacial score (nSPS) is 10.8. The number of hydrogen-bond acceptors (Lipinski definition) is 4. The highest BCUT2D eigenvalue weighted by Gasteiger charge is 2.13. The number of hydrogen-bond donors (Lipinski definition) is 1. The van der Waals surface area contributed by atoms with Gasteiger partial charge in [0, 0.05) is 12.1 Å². The smallest absolute Gasteiger partial charge is 0.261 e. The summed E-state index contributed by atoms with van der Waals surface area (Å²) in [5.41, 5.74) is 4.30. The highest BCUT2D eigenvalue weighted by atomic mass is 79.9. The average molecular weight is 448 g/mol. The molecule has 0 aliphatic heterocycles. The molecule has 3 aromatic rings. The first-order valence-corrected chi connectivity index (χ1v) is 10.4. The van der Waals surface area contributed by atoms with Gasteiger partial charge < -0.3 is 10.1 Å². The topological polar surface area (TPSA) is 56.2 Å². The second-order valence-corrected chi connectivity index (χ2v) is 8.13. The van der Waals surface area contributed by atoms with E-state index in [0.29, 0.717) is 18.0 Å². The van der Waals surface area contributed by atoms with Crippen LogP contribution in [0.3, 0.4) is 0 Å². The molecular formula is C20H22BrN3O2S. The van der Waals surface area contributed by atoms with Gasteiger partial charge in [-0.25, -0.2) is 0 Å². The van der Waals surface area contributed by atoms with Gasteiger partial charge in [0.1, 0.15) is 12.4 Å². The zero-order valence-electron chi connectivity index (χ0n) is 15.6. The van der Waals surface area contributed by atoms with Gasteiger partial charge in [-0.2, -0.15) is 5.10 Å². The maximum absolute atomic E-state index is 12.4. The molecule has 0 saturated heterocycles. The highest BCUT2D eigenvalue weighted by Crippen LogP contribution is 2.21. The molecule has 0 saturated carbocycles. The van der Waals surface area contributed by atoms with Crippen LogP contribution >= 0.6 is 27.3 Å². The minimum Gasteiger partial charge on any atom is -0.489 e. The Balaban J connectivity index is 1.58. The van der Waals surface area contributed by atoms with Crippen molar-refractivity contribution in [3.63, 3.8) is 0 Å². The summed E-state index contributed by atoms with van der Waals surface area (Å²) in [6.07, 6.45) is 1.75. The minimum atomic E-state index is -0.0894. The lowest BCUT2D eigenvalue weighted by molar-refractivity contribution is 0.0954. The van der Waals surface area contributed by atoms with Crippen LogP contribution in [-0.2, 0) is 19.7 Å². The molecule has 5 nitrogen and oxygen atoms in total. The lowest BCUT2D eigenvalue weighted by Gasteiger charge is -2.07. The van der Waals surface area contributed by atoms with E-state index >= 15 is 0 Å². The number of benzene rings is 1. The van der Waals surface area contributed by atoms with Crippen LogP contribution in [-0.4, -0.2) is 15.7 Å². The Kier molecular flexibility index (Phi) is 6.34. The Bertz CT molecular complexity index is 928. The summed E-state index contributed by atoms with van der Waals surface area (Å²) < 4.78 is 8.63. The predicted molar refractivity (Wildman–Crippen MR) is 111 cm³/mol. The molecule has 2 heterocycles. The van der Waals surface area contributed by atoms with Crippen LogP contribution in [0.5, 0.6) is 5.75 Å². The van der Waals surface area contributed by atoms with Crippen molar-refractivity contribution >= 4 is 33.2 Å². The maximum atomic E-state index is 12.4. The number of rotatable bonds is 7. The number of carbonyl (C=O) groups is 1. The number of amides is 1. The van der Waals surface area contributed by atoms with E-state index in [4.69, 9.17) is 4.74 Å². The molecule has 7 heteroatoms. The van der Waals surface area contributed by atoms with E-state index < -0.39 is 0 Å². The van der Waals surface area contributed by atoms with Gasteiger partial charge in [0.15, 0.2) is 0 Å². The molecule has 0 fully saturated rings. The molecule has 0 atom stereocenters. The van der Waals surface area contributed by atoms with Crippen molar-refractivity contribution in [2.75, 3.05) is 0 Å². The molecule has 1 aromatic carbocycles. The first-order chi connectivity index (χ1) is 13.0. The van der Waals surface area contributed by atoms with Gasteiger partial charge in [-0.1, -0.05) is 6.07 Å². The first kappa shape index (κ1) is 19.6.